The molecular weight excluding hydrogens is 264 g/mol. The summed E-state index contributed by atoms with van der Waals surface area (Å²) in [7, 11) is 0. The second-order valence-corrected chi connectivity index (χ2v) is 5.16. The third-order valence-corrected chi connectivity index (χ3v) is 3.67. The van der Waals surface area contributed by atoms with Gasteiger partial charge < -0.3 is 9.15 Å². The van der Waals surface area contributed by atoms with Crippen LogP contribution < -0.4 is 0 Å². The molecule has 0 saturated carbocycles. The Morgan fingerprint density at radius 2 is 1.95 bits per heavy atom. The average molecular weight is 282 g/mol. The predicted octanol–water partition coefficient (Wildman–Crippen LogP) is 4.93. The standard InChI is InChI=1S/C18H18O3/c1-2-3-6-11-20-18(19)16-12-21-17-14-8-5-4-7-13(14)9-10-15(16)17/h4-5,7-10,12H,2-3,6,11H2,1H3. The molecule has 3 rings (SSSR count). The number of rotatable bonds is 5. The maximum Gasteiger partial charge on any atom is 0.342 e. The Balaban J connectivity index is 1.90. The van der Waals surface area contributed by atoms with Crippen molar-refractivity contribution >= 4 is 27.7 Å². The molecule has 0 aliphatic rings. The van der Waals surface area contributed by atoms with E-state index in [9.17, 15) is 4.79 Å². The summed E-state index contributed by atoms with van der Waals surface area (Å²) in [6, 6.07) is 11.9. The molecular formula is C18H18O3. The summed E-state index contributed by atoms with van der Waals surface area (Å²) >= 11 is 0. The first kappa shape index (κ1) is 13.7. The summed E-state index contributed by atoms with van der Waals surface area (Å²) in [5.41, 5.74) is 1.25. The molecule has 0 spiro atoms. The zero-order valence-corrected chi connectivity index (χ0v) is 12.1. The van der Waals surface area contributed by atoms with Gasteiger partial charge in [0.1, 0.15) is 17.4 Å². The zero-order valence-electron chi connectivity index (χ0n) is 12.1. The van der Waals surface area contributed by atoms with Gasteiger partial charge in [0.25, 0.3) is 0 Å². The lowest BCUT2D eigenvalue weighted by atomic mass is 10.1. The summed E-state index contributed by atoms with van der Waals surface area (Å²) in [5.74, 6) is -0.305. The molecule has 3 nitrogen and oxygen atoms in total. The van der Waals surface area contributed by atoms with Crippen molar-refractivity contribution in [1.29, 1.82) is 0 Å². The molecule has 1 aromatic heterocycles. The van der Waals surface area contributed by atoms with Crippen LogP contribution in [0.15, 0.2) is 47.1 Å². The van der Waals surface area contributed by atoms with Crippen LogP contribution in [0.25, 0.3) is 21.7 Å². The van der Waals surface area contributed by atoms with Gasteiger partial charge in [0.2, 0.25) is 0 Å². The Bertz CT molecular complexity index is 770. The number of ether oxygens (including phenoxy) is 1. The SMILES string of the molecule is CCCCCOC(=O)c1coc2c1ccc1ccccc12. The van der Waals surface area contributed by atoms with Gasteiger partial charge in [-0.25, -0.2) is 4.79 Å². The molecule has 21 heavy (non-hydrogen) atoms. The van der Waals surface area contributed by atoms with Crippen LogP contribution >= 0.6 is 0 Å². The van der Waals surface area contributed by atoms with E-state index in [1.165, 1.54) is 6.26 Å². The van der Waals surface area contributed by atoms with Crippen LogP contribution in [-0.4, -0.2) is 12.6 Å². The number of benzene rings is 2. The van der Waals surface area contributed by atoms with Gasteiger partial charge in [-0.15, -0.1) is 0 Å². The topological polar surface area (TPSA) is 39.4 Å². The third-order valence-electron chi connectivity index (χ3n) is 3.67. The zero-order chi connectivity index (χ0) is 14.7. The third kappa shape index (κ3) is 2.64. The Morgan fingerprint density at radius 1 is 1.10 bits per heavy atom. The van der Waals surface area contributed by atoms with Crippen molar-refractivity contribution in [2.45, 2.75) is 26.2 Å². The number of fused-ring (bicyclic) bond motifs is 3. The fourth-order valence-corrected chi connectivity index (χ4v) is 2.52. The molecule has 3 aromatic rings. The molecule has 0 radical (unpaired) electrons. The van der Waals surface area contributed by atoms with Crippen LogP contribution in [0, 0.1) is 0 Å². The van der Waals surface area contributed by atoms with E-state index in [1.807, 2.05) is 36.4 Å². The molecule has 0 saturated heterocycles. The fraction of sp³-hybridized carbons (Fsp3) is 0.278. The van der Waals surface area contributed by atoms with Gasteiger partial charge >= 0.3 is 5.97 Å². The van der Waals surface area contributed by atoms with Gasteiger partial charge in [0.05, 0.1) is 6.61 Å². The van der Waals surface area contributed by atoms with Crippen LogP contribution in [-0.2, 0) is 4.74 Å². The molecule has 0 bridgehead atoms. The van der Waals surface area contributed by atoms with E-state index < -0.39 is 0 Å². The van der Waals surface area contributed by atoms with Crippen molar-refractivity contribution in [2.75, 3.05) is 6.61 Å². The molecule has 0 N–H and O–H groups in total. The highest BCUT2D eigenvalue weighted by atomic mass is 16.5. The van der Waals surface area contributed by atoms with Gasteiger partial charge in [0, 0.05) is 10.8 Å². The van der Waals surface area contributed by atoms with E-state index in [0.717, 1.165) is 41.0 Å². The van der Waals surface area contributed by atoms with Gasteiger partial charge in [-0.1, -0.05) is 50.1 Å². The van der Waals surface area contributed by atoms with Gasteiger partial charge in [-0.2, -0.15) is 0 Å². The smallest absolute Gasteiger partial charge is 0.342 e. The Labute approximate surface area is 123 Å². The normalized spacial score (nSPS) is 11.1. The number of carbonyl (C=O) groups is 1. The first-order valence-electron chi connectivity index (χ1n) is 7.37. The molecule has 0 atom stereocenters. The van der Waals surface area contributed by atoms with Crippen molar-refractivity contribution < 1.29 is 13.9 Å². The number of hydrogen-bond acceptors (Lipinski definition) is 3. The maximum atomic E-state index is 12.1. The minimum absolute atomic E-state index is 0.305. The fourth-order valence-electron chi connectivity index (χ4n) is 2.52. The van der Waals surface area contributed by atoms with Crippen LogP contribution in [0.2, 0.25) is 0 Å². The Morgan fingerprint density at radius 3 is 2.81 bits per heavy atom. The van der Waals surface area contributed by atoms with Gasteiger partial charge in [-0.05, 0) is 17.9 Å². The highest BCUT2D eigenvalue weighted by Crippen LogP contribution is 2.29. The Kier molecular flexibility index (Phi) is 3.91. The minimum atomic E-state index is -0.305. The van der Waals surface area contributed by atoms with Gasteiger partial charge in [0.15, 0.2) is 0 Å². The molecule has 0 fully saturated rings. The van der Waals surface area contributed by atoms with Crippen molar-refractivity contribution in [3.05, 3.63) is 48.2 Å². The average Bonchev–Trinajstić information content (AvgIpc) is 2.96. The van der Waals surface area contributed by atoms with Crippen molar-refractivity contribution in [3.8, 4) is 0 Å². The number of furan rings is 1. The van der Waals surface area contributed by atoms with Crippen LogP contribution in [0.5, 0.6) is 0 Å². The molecule has 0 unspecified atom stereocenters. The van der Waals surface area contributed by atoms with Crippen LogP contribution in [0.3, 0.4) is 0 Å². The monoisotopic (exact) mass is 282 g/mol. The molecule has 2 aromatic carbocycles. The van der Waals surface area contributed by atoms with Crippen LogP contribution in [0.1, 0.15) is 36.5 Å². The number of carbonyl (C=O) groups excluding carboxylic acids is 1. The second-order valence-electron chi connectivity index (χ2n) is 5.16. The van der Waals surface area contributed by atoms with E-state index in [2.05, 4.69) is 6.92 Å². The molecule has 1 heterocycles. The molecule has 108 valence electrons. The first-order valence-corrected chi connectivity index (χ1v) is 7.37. The van der Waals surface area contributed by atoms with Crippen molar-refractivity contribution in [3.63, 3.8) is 0 Å². The van der Waals surface area contributed by atoms with Crippen molar-refractivity contribution in [2.24, 2.45) is 0 Å². The molecule has 0 aliphatic carbocycles. The second kappa shape index (κ2) is 6.00. The Hall–Kier alpha value is -2.29. The summed E-state index contributed by atoms with van der Waals surface area (Å²) in [6.07, 6.45) is 4.59. The number of esters is 1. The van der Waals surface area contributed by atoms with E-state index >= 15 is 0 Å². The lowest BCUT2D eigenvalue weighted by Gasteiger charge is -2.03. The van der Waals surface area contributed by atoms with E-state index in [0.29, 0.717) is 12.2 Å². The van der Waals surface area contributed by atoms with E-state index in [-0.39, 0.29) is 5.97 Å². The highest BCUT2D eigenvalue weighted by molar-refractivity contribution is 6.11. The lowest BCUT2D eigenvalue weighted by Crippen LogP contribution is -2.05. The molecule has 0 aliphatic heterocycles. The number of unbranched alkanes of at least 4 members (excludes halogenated alkanes) is 2. The molecule has 0 amide bonds. The van der Waals surface area contributed by atoms with Gasteiger partial charge in [-0.3, -0.25) is 0 Å². The summed E-state index contributed by atoms with van der Waals surface area (Å²) in [5, 5.41) is 2.93. The molecule has 3 heteroatoms. The van der Waals surface area contributed by atoms with E-state index in [4.69, 9.17) is 9.15 Å². The highest BCUT2D eigenvalue weighted by Gasteiger charge is 2.16. The number of hydrogen-bond donors (Lipinski definition) is 0. The summed E-state index contributed by atoms with van der Waals surface area (Å²) < 4.78 is 10.9. The van der Waals surface area contributed by atoms with E-state index in [1.54, 1.807) is 0 Å². The predicted molar refractivity (Wildman–Crippen MR) is 83.5 cm³/mol. The first-order chi connectivity index (χ1) is 10.3. The maximum absolute atomic E-state index is 12.1. The summed E-state index contributed by atoms with van der Waals surface area (Å²) in [6.45, 7) is 2.59. The summed E-state index contributed by atoms with van der Waals surface area (Å²) in [4.78, 5) is 12.1. The van der Waals surface area contributed by atoms with Crippen LogP contribution in [0.4, 0.5) is 0 Å². The largest absolute Gasteiger partial charge is 0.463 e. The quantitative estimate of drug-likeness (QED) is 0.492. The lowest BCUT2D eigenvalue weighted by molar-refractivity contribution is 0.0499. The minimum Gasteiger partial charge on any atom is -0.463 e. The van der Waals surface area contributed by atoms with Crippen molar-refractivity contribution in [1.82, 2.24) is 0 Å².